The van der Waals surface area contributed by atoms with Gasteiger partial charge in [-0.3, -0.25) is 19.1 Å². The van der Waals surface area contributed by atoms with E-state index in [2.05, 4.69) is 39.5 Å². The van der Waals surface area contributed by atoms with Crippen molar-refractivity contribution < 1.29 is 4.79 Å². The SMILES string of the molecule is CC1CCN(C(=O)C(C)Sc2nc3ccccc3c(=O)n2CCN(C(C)C)C(C)C)CC1. The van der Waals surface area contributed by atoms with Crippen LogP contribution in [0.2, 0.25) is 0 Å². The molecule has 6 nitrogen and oxygen atoms in total. The molecule has 3 rings (SSSR count). The second kappa shape index (κ2) is 10.8. The number of benzene rings is 1. The lowest BCUT2D eigenvalue weighted by molar-refractivity contribution is -0.131. The molecular formula is C25H38N4O2S. The largest absolute Gasteiger partial charge is 0.342 e. The molecule has 1 saturated heterocycles. The third kappa shape index (κ3) is 5.73. The fourth-order valence-corrected chi connectivity index (χ4v) is 5.48. The Morgan fingerprint density at radius 1 is 1.12 bits per heavy atom. The predicted molar refractivity (Wildman–Crippen MR) is 133 cm³/mol. The molecule has 1 fully saturated rings. The van der Waals surface area contributed by atoms with Crippen LogP contribution in [0, 0.1) is 5.92 Å². The number of carbonyl (C=O) groups excluding carboxylic acids is 1. The Hall–Kier alpha value is -1.86. The molecule has 1 amide bonds. The minimum Gasteiger partial charge on any atom is -0.342 e. The first kappa shape index (κ1) is 24.8. The van der Waals surface area contributed by atoms with Gasteiger partial charge in [-0.05, 0) is 65.5 Å². The van der Waals surface area contributed by atoms with E-state index >= 15 is 0 Å². The first-order valence-corrected chi connectivity index (χ1v) is 12.8. The van der Waals surface area contributed by atoms with Gasteiger partial charge in [-0.1, -0.05) is 30.8 Å². The van der Waals surface area contributed by atoms with E-state index in [1.165, 1.54) is 11.8 Å². The monoisotopic (exact) mass is 458 g/mol. The molecular weight excluding hydrogens is 420 g/mol. The van der Waals surface area contributed by atoms with Crippen LogP contribution in [-0.4, -0.2) is 62.2 Å². The van der Waals surface area contributed by atoms with Gasteiger partial charge in [0.25, 0.3) is 5.56 Å². The number of thioether (sulfide) groups is 1. The number of nitrogens with zero attached hydrogens (tertiary/aromatic N) is 4. The van der Waals surface area contributed by atoms with Gasteiger partial charge in [-0.25, -0.2) is 4.98 Å². The second-order valence-corrected chi connectivity index (χ2v) is 10.9. The summed E-state index contributed by atoms with van der Waals surface area (Å²) < 4.78 is 1.77. The number of amides is 1. The number of hydrogen-bond acceptors (Lipinski definition) is 5. The van der Waals surface area contributed by atoms with Crippen molar-refractivity contribution in [2.24, 2.45) is 5.92 Å². The Bertz CT molecular complexity index is 972. The van der Waals surface area contributed by atoms with E-state index < -0.39 is 0 Å². The summed E-state index contributed by atoms with van der Waals surface area (Å²) >= 11 is 1.41. The lowest BCUT2D eigenvalue weighted by atomic mass is 9.99. The Kier molecular flexibility index (Phi) is 8.39. The maximum Gasteiger partial charge on any atom is 0.262 e. The number of para-hydroxylation sites is 1. The van der Waals surface area contributed by atoms with Crippen molar-refractivity contribution >= 4 is 28.6 Å². The van der Waals surface area contributed by atoms with Crippen molar-refractivity contribution in [1.29, 1.82) is 0 Å². The molecule has 2 heterocycles. The standard InChI is InChI=1S/C25H38N4O2S/c1-17(2)28(18(3)4)15-16-29-24(31)21-9-7-8-10-22(21)26-25(29)32-20(6)23(30)27-13-11-19(5)12-14-27/h7-10,17-20H,11-16H2,1-6H3. The average molecular weight is 459 g/mol. The molecule has 2 aromatic rings. The number of hydrogen-bond donors (Lipinski definition) is 0. The number of carbonyl (C=O) groups is 1. The van der Waals surface area contributed by atoms with E-state index in [-0.39, 0.29) is 16.7 Å². The molecule has 176 valence electrons. The van der Waals surface area contributed by atoms with Gasteiger partial charge in [0.05, 0.1) is 16.2 Å². The zero-order valence-corrected chi connectivity index (χ0v) is 21.2. The van der Waals surface area contributed by atoms with Crippen molar-refractivity contribution in [2.75, 3.05) is 19.6 Å². The number of piperidine rings is 1. The summed E-state index contributed by atoms with van der Waals surface area (Å²) in [5.74, 6) is 0.820. The fourth-order valence-electron chi connectivity index (χ4n) is 4.46. The molecule has 1 aliphatic heterocycles. The summed E-state index contributed by atoms with van der Waals surface area (Å²) in [5.41, 5.74) is 0.657. The van der Waals surface area contributed by atoms with Crippen molar-refractivity contribution in [3.05, 3.63) is 34.6 Å². The minimum atomic E-state index is -0.283. The van der Waals surface area contributed by atoms with E-state index in [1.54, 1.807) is 4.57 Å². The summed E-state index contributed by atoms with van der Waals surface area (Å²) in [5, 5.41) is 0.975. The molecule has 1 aliphatic rings. The van der Waals surface area contributed by atoms with Crippen LogP contribution >= 0.6 is 11.8 Å². The summed E-state index contributed by atoms with van der Waals surface area (Å²) in [7, 11) is 0. The van der Waals surface area contributed by atoms with Crippen LogP contribution in [0.15, 0.2) is 34.2 Å². The zero-order valence-electron chi connectivity index (χ0n) is 20.4. The number of rotatable bonds is 8. The molecule has 0 radical (unpaired) electrons. The second-order valence-electron chi connectivity index (χ2n) is 9.56. The zero-order chi connectivity index (χ0) is 23.4. The third-order valence-electron chi connectivity index (χ3n) is 6.46. The van der Waals surface area contributed by atoms with Crippen molar-refractivity contribution in [1.82, 2.24) is 19.4 Å². The molecule has 0 spiro atoms. The maximum atomic E-state index is 13.4. The number of aromatic nitrogens is 2. The molecule has 1 atom stereocenters. The van der Waals surface area contributed by atoms with Crippen LogP contribution in [0.4, 0.5) is 0 Å². The van der Waals surface area contributed by atoms with Crippen LogP contribution in [0.25, 0.3) is 10.9 Å². The highest BCUT2D eigenvalue weighted by Gasteiger charge is 2.27. The summed E-state index contributed by atoms with van der Waals surface area (Å²) in [6, 6.07) is 8.26. The topological polar surface area (TPSA) is 58.4 Å². The summed E-state index contributed by atoms with van der Waals surface area (Å²) in [6.07, 6.45) is 2.12. The lowest BCUT2D eigenvalue weighted by Crippen LogP contribution is -2.42. The van der Waals surface area contributed by atoms with E-state index in [1.807, 2.05) is 36.1 Å². The Labute approximate surface area is 196 Å². The van der Waals surface area contributed by atoms with E-state index in [0.717, 1.165) is 32.5 Å². The summed E-state index contributed by atoms with van der Waals surface area (Å²) in [6.45, 7) is 15.8. The Morgan fingerprint density at radius 3 is 2.38 bits per heavy atom. The van der Waals surface area contributed by atoms with E-state index in [0.29, 0.717) is 40.6 Å². The van der Waals surface area contributed by atoms with Crippen LogP contribution < -0.4 is 5.56 Å². The summed E-state index contributed by atoms with van der Waals surface area (Å²) in [4.78, 5) is 35.6. The number of likely N-dealkylation sites (tertiary alicyclic amines) is 1. The highest BCUT2D eigenvalue weighted by atomic mass is 32.2. The number of fused-ring (bicyclic) bond motifs is 1. The van der Waals surface area contributed by atoms with Gasteiger partial charge >= 0.3 is 0 Å². The normalized spacial score (nSPS) is 16.5. The smallest absolute Gasteiger partial charge is 0.262 e. The van der Waals surface area contributed by atoms with Gasteiger partial charge in [0.2, 0.25) is 5.91 Å². The first-order chi connectivity index (χ1) is 15.2. The molecule has 7 heteroatoms. The van der Waals surface area contributed by atoms with Crippen molar-refractivity contribution in [2.45, 2.75) is 83.4 Å². The van der Waals surface area contributed by atoms with Crippen molar-refractivity contribution in [3.8, 4) is 0 Å². The molecule has 1 aromatic heterocycles. The Balaban J connectivity index is 1.88. The molecule has 32 heavy (non-hydrogen) atoms. The van der Waals surface area contributed by atoms with E-state index in [9.17, 15) is 9.59 Å². The van der Waals surface area contributed by atoms with Crippen LogP contribution in [0.1, 0.15) is 54.4 Å². The minimum absolute atomic E-state index is 0.0305. The highest BCUT2D eigenvalue weighted by Crippen LogP contribution is 2.26. The molecule has 1 aromatic carbocycles. The van der Waals surface area contributed by atoms with Crippen molar-refractivity contribution in [3.63, 3.8) is 0 Å². The lowest BCUT2D eigenvalue weighted by Gasteiger charge is -2.32. The first-order valence-electron chi connectivity index (χ1n) is 11.9. The van der Waals surface area contributed by atoms with Gasteiger partial charge in [0, 0.05) is 38.3 Å². The quantitative estimate of drug-likeness (QED) is 0.437. The van der Waals surface area contributed by atoms with Gasteiger partial charge in [-0.2, -0.15) is 0 Å². The molecule has 0 bridgehead atoms. The predicted octanol–water partition coefficient (Wildman–Crippen LogP) is 4.25. The van der Waals surface area contributed by atoms with Crippen LogP contribution in [-0.2, 0) is 11.3 Å². The molecule has 1 unspecified atom stereocenters. The van der Waals surface area contributed by atoms with Gasteiger partial charge < -0.3 is 4.90 Å². The third-order valence-corrected chi connectivity index (χ3v) is 7.54. The van der Waals surface area contributed by atoms with Gasteiger partial charge in [-0.15, -0.1) is 0 Å². The van der Waals surface area contributed by atoms with Crippen LogP contribution in [0.3, 0.4) is 0 Å². The molecule has 0 aliphatic carbocycles. The highest BCUT2D eigenvalue weighted by molar-refractivity contribution is 8.00. The average Bonchev–Trinajstić information content (AvgIpc) is 2.75. The Morgan fingerprint density at radius 2 is 1.75 bits per heavy atom. The molecule has 0 N–H and O–H groups in total. The van der Waals surface area contributed by atoms with Gasteiger partial charge in [0.15, 0.2) is 5.16 Å². The van der Waals surface area contributed by atoms with E-state index in [4.69, 9.17) is 4.98 Å². The van der Waals surface area contributed by atoms with Crippen LogP contribution in [0.5, 0.6) is 0 Å². The molecule has 0 saturated carbocycles. The van der Waals surface area contributed by atoms with Gasteiger partial charge in [0.1, 0.15) is 0 Å². The fraction of sp³-hybridized carbons (Fsp3) is 0.640. The maximum absolute atomic E-state index is 13.4.